The monoisotopic (exact) mass is 241 g/mol. The summed E-state index contributed by atoms with van der Waals surface area (Å²) in [5, 5.41) is 3.43. The summed E-state index contributed by atoms with van der Waals surface area (Å²) in [4.78, 5) is 0. The summed E-state index contributed by atoms with van der Waals surface area (Å²) in [6.45, 7) is 8.57. The van der Waals surface area contributed by atoms with E-state index in [1.54, 1.807) is 0 Å². The van der Waals surface area contributed by atoms with E-state index in [-0.39, 0.29) is 0 Å². The van der Waals surface area contributed by atoms with Crippen LogP contribution >= 0.6 is 0 Å². The number of hydrogen-bond donors (Lipinski definition) is 1. The van der Waals surface area contributed by atoms with E-state index >= 15 is 0 Å². The van der Waals surface area contributed by atoms with Crippen molar-refractivity contribution in [1.82, 2.24) is 5.32 Å². The molecule has 1 aliphatic heterocycles. The highest BCUT2D eigenvalue weighted by Crippen LogP contribution is 2.26. The Bertz CT molecular complexity index is 446. The molecule has 1 unspecified atom stereocenters. The lowest BCUT2D eigenvalue weighted by Crippen LogP contribution is -2.15. The van der Waals surface area contributed by atoms with Crippen molar-refractivity contribution in [3.8, 4) is 0 Å². The van der Waals surface area contributed by atoms with Crippen LogP contribution in [0.4, 0.5) is 0 Å². The van der Waals surface area contributed by atoms with Gasteiger partial charge >= 0.3 is 0 Å². The van der Waals surface area contributed by atoms with Crippen molar-refractivity contribution in [2.75, 3.05) is 0 Å². The topological polar surface area (TPSA) is 12.0 Å². The average molecular weight is 241 g/mol. The normalized spacial score (nSPS) is 29.8. The van der Waals surface area contributed by atoms with Gasteiger partial charge in [0.25, 0.3) is 0 Å². The van der Waals surface area contributed by atoms with E-state index in [4.69, 9.17) is 0 Å². The average Bonchev–Trinajstić information content (AvgIpc) is 2.36. The number of hydrogen-bond acceptors (Lipinski definition) is 1. The molecular formula is C17H23N. The molecule has 1 aliphatic carbocycles. The molecule has 0 radical (unpaired) electrons. The van der Waals surface area contributed by atoms with Crippen LogP contribution in [0, 0.1) is 5.92 Å². The second-order valence-corrected chi connectivity index (χ2v) is 5.40. The van der Waals surface area contributed by atoms with Gasteiger partial charge in [-0.15, -0.1) is 0 Å². The fourth-order valence-corrected chi connectivity index (χ4v) is 2.42. The second kappa shape index (κ2) is 5.90. The number of rotatable bonds is 0. The van der Waals surface area contributed by atoms with Gasteiger partial charge in [-0.2, -0.15) is 0 Å². The van der Waals surface area contributed by atoms with Crippen LogP contribution in [0.25, 0.3) is 0 Å². The molecule has 0 aromatic heterocycles. The third-order valence-corrected chi connectivity index (χ3v) is 3.56. The van der Waals surface area contributed by atoms with E-state index in [1.165, 1.54) is 16.8 Å². The molecule has 2 rings (SSSR count). The third kappa shape index (κ3) is 3.49. The van der Waals surface area contributed by atoms with Gasteiger partial charge in [0.15, 0.2) is 0 Å². The third-order valence-electron chi connectivity index (χ3n) is 3.56. The van der Waals surface area contributed by atoms with Crippen LogP contribution in [0.5, 0.6) is 0 Å². The molecule has 1 nitrogen and oxygen atoms in total. The smallest absolute Gasteiger partial charge is 0.0376 e. The molecule has 1 heterocycles. The zero-order chi connectivity index (χ0) is 13.0. The summed E-state index contributed by atoms with van der Waals surface area (Å²) in [6.07, 6.45) is 15.6. The van der Waals surface area contributed by atoms with Crippen LogP contribution < -0.4 is 5.32 Å². The first-order valence-electron chi connectivity index (χ1n) is 6.83. The maximum absolute atomic E-state index is 4.06. The summed E-state index contributed by atoms with van der Waals surface area (Å²) in [6, 6.07) is 0. The minimum atomic E-state index is 0.646. The molecular weight excluding hydrogens is 218 g/mol. The quantitative estimate of drug-likeness (QED) is 0.610. The van der Waals surface area contributed by atoms with Crippen molar-refractivity contribution in [2.24, 2.45) is 5.92 Å². The van der Waals surface area contributed by atoms with Crippen LogP contribution in [0.1, 0.15) is 39.5 Å². The highest BCUT2D eigenvalue weighted by Gasteiger charge is 2.13. The summed E-state index contributed by atoms with van der Waals surface area (Å²) in [7, 11) is 0. The van der Waals surface area contributed by atoms with E-state index in [0.717, 1.165) is 31.4 Å². The molecule has 18 heavy (non-hydrogen) atoms. The summed E-state index contributed by atoms with van der Waals surface area (Å²) in [5.41, 5.74) is 5.22. The van der Waals surface area contributed by atoms with Crippen molar-refractivity contribution >= 4 is 0 Å². The highest BCUT2D eigenvalue weighted by molar-refractivity contribution is 5.35. The van der Waals surface area contributed by atoms with Gasteiger partial charge in [0.2, 0.25) is 0 Å². The standard InChI is InChI=1S/C17H23N/c1-13-6-4-5-7-15(3)18-17-11-9-14(2)12-16(17)10-8-13/h5,7-9,11,14,18H,3-4,6,10,12H2,1-2H3/b7-5-,13-8-. The van der Waals surface area contributed by atoms with Crippen LogP contribution in [0.2, 0.25) is 0 Å². The minimum Gasteiger partial charge on any atom is -0.356 e. The fraction of sp³-hybridized carbons (Fsp3) is 0.412. The minimum absolute atomic E-state index is 0.646. The van der Waals surface area contributed by atoms with Crippen molar-refractivity contribution in [3.05, 3.63) is 59.5 Å². The Morgan fingerprint density at radius 1 is 1.33 bits per heavy atom. The molecule has 0 bridgehead atoms. The van der Waals surface area contributed by atoms with E-state index in [1.807, 2.05) is 0 Å². The van der Waals surface area contributed by atoms with Crippen LogP contribution in [0.3, 0.4) is 0 Å². The van der Waals surface area contributed by atoms with E-state index < -0.39 is 0 Å². The van der Waals surface area contributed by atoms with E-state index in [0.29, 0.717) is 5.92 Å². The molecule has 0 spiro atoms. The van der Waals surface area contributed by atoms with Gasteiger partial charge in [-0.05, 0) is 56.3 Å². The maximum Gasteiger partial charge on any atom is 0.0376 e. The maximum atomic E-state index is 4.06. The molecule has 0 aromatic carbocycles. The molecule has 2 aliphatic rings. The van der Waals surface area contributed by atoms with Gasteiger partial charge in [-0.3, -0.25) is 0 Å². The molecule has 0 amide bonds. The molecule has 1 heteroatoms. The summed E-state index contributed by atoms with van der Waals surface area (Å²) in [5.74, 6) is 0.646. The zero-order valence-electron chi connectivity index (χ0n) is 11.5. The Hall–Kier alpha value is -1.50. The lowest BCUT2D eigenvalue weighted by molar-refractivity contribution is 0.678. The Morgan fingerprint density at radius 3 is 3.00 bits per heavy atom. The second-order valence-electron chi connectivity index (χ2n) is 5.40. The van der Waals surface area contributed by atoms with E-state index in [9.17, 15) is 0 Å². The summed E-state index contributed by atoms with van der Waals surface area (Å²) < 4.78 is 0. The Labute approximate surface area is 111 Å². The molecule has 0 saturated carbocycles. The first-order valence-corrected chi connectivity index (χ1v) is 6.83. The Morgan fingerprint density at radius 2 is 2.17 bits per heavy atom. The van der Waals surface area contributed by atoms with Gasteiger partial charge in [0.1, 0.15) is 0 Å². The lowest BCUT2D eigenvalue weighted by atomic mass is 9.91. The number of allylic oxidation sites excluding steroid dienone is 7. The van der Waals surface area contributed by atoms with Crippen LogP contribution in [0.15, 0.2) is 59.5 Å². The molecule has 1 N–H and O–H groups in total. The van der Waals surface area contributed by atoms with Gasteiger partial charge in [0, 0.05) is 11.4 Å². The van der Waals surface area contributed by atoms with Crippen molar-refractivity contribution in [3.63, 3.8) is 0 Å². The largest absolute Gasteiger partial charge is 0.356 e. The highest BCUT2D eigenvalue weighted by atomic mass is 14.9. The lowest BCUT2D eigenvalue weighted by Gasteiger charge is -2.20. The Kier molecular flexibility index (Phi) is 4.24. The van der Waals surface area contributed by atoms with Crippen molar-refractivity contribution in [2.45, 2.75) is 39.5 Å². The fourth-order valence-electron chi connectivity index (χ4n) is 2.42. The molecule has 0 fully saturated rings. The first kappa shape index (κ1) is 12.9. The molecule has 1 atom stereocenters. The number of nitrogens with one attached hydrogen (secondary N) is 1. The van der Waals surface area contributed by atoms with Crippen LogP contribution in [-0.2, 0) is 0 Å². The predicted molar refractivity (Wildman–Crippen MR) is 79.0 cm³/mol. The van der Waals surface area contributed by atoms with Crippen molar-refractivity contribution in [1.29, 1.82) is 0 Å². The first-order chi connectivity index (χ1) is 8.65. The molecule has 0 aromatic rings. The Balaban J connectivity index is 2.27. The van der Waals surface area contributed by atoms with Gasteiger partial charge in [-0.1, -0.05) is 37.3 Å². The van der Waals surface area contributed by atoms with Crippen LogP contribution in [-0.4, -0.2) is 0 Å². The SMILES string of the molecule is C=C1/C=C\CC/C(C)=C\CC2=C(C=CC(C)C2)N1. The van der Waals surface area contributed by atoms with Gasteiger partial charge in [-0.25, -0.2) is 0 Å². The summed E-state index contributed by atoms with van der Waals surface area (Å²) >= 11 is 0. The van der Waals surface area contributed by atoms with Gasteiger partial charge in [0.05, 0.1) is 0 Å². The van der Waals surface area contributed by atoms with Gasteiger partial charge < -0.3 is 5.32 Å². The molecule has 96 valence electrons. The zero-order valence-corrected chi connectivity index (χ0v) is 11.5. The van der Waals surface area contributed by atoms with Crippen molar-refractivity contribution < 1.29 is 0 Å². The predicted octanol–water partition coefficient (Wildman–Crippen LogP) is 4.63. The van der Waals surface area contributed by atoms with E-state index in [2.05, 4.69) is 56.1 Å². The molecule has 0 saturated heterocycles.